The number of amides is 3. The first-order valence-electron chi connectivity index (χ1n) is 8.64. The molecular weight excluding hydrogens is 336 g/mol. The molecule has 134 valence electrons. The highest BCUT2D eigenvalue weighted by molar-refractivity contribution is 7.16. The van der Waals surface area contributed by atoms with Gasteiger partial charge in [0.1, 0.15) is 0 Å². The number of fused-ring (bicyclic) bond motifs is 1. The van der Waals surface area contributed by atoms with Crippen LogP contribution in [0.5, 0.6) is 0 Å². The van der Waals surface area contributed by atoms with Crippen LogP contribution in [0, 0.1) is 5.92 Å². The van der Waals surface area contributed by atoms with Gasteiger partial charge in [0, 0.05) is 32.1 Å². The number of nitrogens with one attached hydrogen (secondary N) is 1. The van der Waals surface area contributed by atoms with Crippen molar-refractivity contribution in [3.05, 3.63) is 29.1 Å². The zero-order valence-electron chi connectivity index (χ0n) is 14.9. The molecular formula is C18H24N4O2S. The molecule has 1 aromatic carbocycles. The number of para-hydroxylation sites is 1. The van der Waals surface area contributed by atoms with Gasteiger partial charge in [-0.25, -0.2) is 4.79 Å². The van der Waals surface area contributed by atoms with Crippen LogP contribution >= 0.6 is 11.3 Å². The molecule has 1 aromatic heterocycles. The second kappa shape index (κ2) is 7.39. The lowest BCUT2D eigenvalue weighted by atomic mass is 9.96. The van der Waals surface area contributed by atoms with Gasteiger partial charge >= 0.3 is 6.03 Å². The number of aromatic nitrogens is 1. The number of urea groups is 1. The fourth-order valence-corrected chi connectivity index (χ4v) is 4.07. The minimum Gasteiger partial charge on any atom is -0.336 e. The SMILES string of the molecule is CC(C)NC(=O)N1CCC(C(=O)N=c2sc3ccccc3n2C)CC1. The number of nitrogens with zero attached hydrogens (tertiary/aromatic N) is 3. The van der Waals surface area contributed by atoms with Crippen molar-refractivity contribution in [1.29, 1.82) is 0 Å². The smallest absolute Gasteiger partial charge is 0.317 e. The van der Waals surface area contributed by atoms with E-state index in [1.165, 1.54) is 11.3 Å². The van der Waals surface area contributed by atoms with E-state index in [1.807, 2.05) is 49.7 Å². The maximum absolute atomic E-state index is 12.6. The van der Waals surface area contributed by atoms with Gasteiger partial charge in [-0.05, 0) is 38.8 Å². The summed E-state index contributed by atoms with van der Waals surface area (Å²) in [5.74, 6) is -0.181. The molecule has 6 nitrogen and oxygen atoms in total. The predicted octanol–water partition coefficient (Wildman–Crippen LogP) is 2.50. The van der Waals surface area contributed by atoms with Crippen molar-refractivity contribution >= 4 is 33.5 Å². The molecule has 0 atom stereocenters. The van der Waals surface area contributed by atoms with Crippen LogP contribution in [0.4, 0.5) is 4.79 Å². The van der Waals surface area contributed by atoms with Crippen LogP contribution < -0.4 is 10.1 Å². The van der Waals surface area contributed by atoms with Crippen molar-refractivity contribution in [3.8, 4) is 0 Å². The maximum Gasteiger partial charge on any atom is 0.317 e. The lowest BCUT2D eigenvalue weighted by Crippen LogP contribution is -2.47. The van der Waals surface area contributed by atoms with Crippen LogP contribution in [0.3, 0.4) is 0 Å². The Balaban J connectivity index is 1.68. The fourth-order valence-electron chi connectivity index (χ4n) is 3.04. The number of benzene rings is 1. The van der Waals surface area contributed by atoms with E-state index in [-0.39, 0.29) is 23.9 Å². The highest BCUT2D eigenvalue weighted by Crippen LogP contribution is 2.19. The normalized spacial score (nSPS) is 16.6. The number of aryl methyl sites for hydroxylation is 1. The third-order valence-electron chi connectivity index (χ3n) is 4.46. The van der Waals surface area contributed by atoms with E-state index in [0.717, 1.165) is 15.0 Å². The highest BCUT2D eigenvalue weighted by Gasteiger charge is 2.27. The van der Waals surface area contributed by atoms with Gasteiger partial charge in [-0.3, -0.25) is 4.79 Å². The summed E-state index contributed by atoms with van der Waals surface area (Å²) in [4.78, 5) is 31.5. The summed E-state index contributed by atoms with van der Waals surface area (Å²) in [5, 5.41) is 2.90. The Labute approximate surface area is 151 Å². The fraction of sp³-hybridized carbons (Fsp3) is 0.500. The first-order valence-corrected chi connectivity index (χ1v) is 9.46. The zero-order chi connectivity index (χ0) is 18.0. The van der Waals surface area contributed by atoms with Gasteiger partial charge in [-0.1, -0.05) is 23.5 Å². The summed E-state index contributed by atoms with van der Waals surface area (Å²) in [5.41, 5.74) is 1.08. The first kappa shape index (κ1) is 17.7. The van der Waals surface area contributed by atoms with E-state index in [0.29, 0.717) is 25.9 Å². The Bertz CT molecular complexity index is 844. The van der Waals surface area contributed by atoms with Gasteiger partial charge in [0.05, 0.1) is 10.2 Å². The van der Waals surface area contributed by atoms with Crippen LogP contribution in [0.1, 0.15) is 26.7 Å². The molecule has 1 aliphatic rings. The number of carbonyl (C=O) groups excluding carboxylic acids is 2. The lowest BCUT2D eigenvalue weighted by Gasteiger charge is -2.31. The molecule has 0 spiro atoms. The summed E-state index contributed by atoms with van der Waals surface area (Å²) >= 11 is 1.53. The number of rotatable bonds is 2. The molecule has 1 fully saturated rings. The van der Waals surface area contributed by atoms with E-state index >= 15 is 0 Å². The highest BCUT2D eigenvalue weighted by atomic mass is 32.1. The molecule has 0 aliphatic carbocycles. The largest absolute Gasteiger partial charge is 0.336 e. The number of hydrogen-bond donors (Lipinski definition) is 1. The van der Waals surface area contributed by atoms with Crippen LogP contribution in [0.25, 0.3) is 10.2 Å². The third kappa shape index (κ3) is 3.92. The quantitative estimate of drug-likeness (QED) is 0.894. The van der Waals surface area contributed by atoms with Crippen LogP contribution in [-0.4, -0.2) is 40.5 Å². The summed E-state index contributed by atoms with van der Waals surface area (Å²) in [7, 11) is 1.93. The topological polar surface area (TPSA) is 66.7 Å². The second-order valence-corrected chi connectivity index (χ2v) is 7.74. The van der Waals surface area contributed by atoms with Crippen molar-refractivity contribution in [3.63, 3.8) is 0 Å². The summed E-state index contributed by atoms with van der Waals surface area (Å²) in [6.45, 7) is 5.09. The van der Waals surface area contributed by atoms with Crippen molar-refractivity contribution in [1.82, 2.24) is 14.8 Å². The van der Waals surface area contributed by atoms with Gasteiger partial charge in [-0.15, -0.1) is 0 Å². The second-order valence-electron chi connectivity index (χ2n) is 6.73. The zero-order valence-corrected chi connectivity index (χ0v) is 15.7. The first-order chi connectivity index (χ1) is 12.0. The van der Waals surface area contributed by atoms with Crippen molar-refractivity contribution < 1.29 is 9.59 Å². The predicted molar refractivity (Wildman–Crippen MR) is 99.3 cm³/mol. The number of piperidine rings is 1. The molecule has 1 aliphatic heterocycles. The Morgan fingerprint density at radius 1 is 1.24 bits per heavy atom. The minimum atomic E-state index is -0.103. The molecule has 3 amide bonds. The number of hydrogen-bond acceptors (Lipinski definition) is 3. The van der Waals surface area contributed by atoms with E-state index in [9.17, 15) is 9.59 Å². The molecule has 1 saturated heterocycles. The van der Waals surface area contributed by atoms with Crippen LogP contribution in [-0.2, 0) is 11.8 Å². The summed E-state index contributed by atoms with van der Waals surface area (Å²) < 4.78 is 3.08. The number of likely N-dealkylation sites (tertiary alicyclic amines) is 1. The molecule has 25 heavy (non-hydrogen) atoms. The Morgan fingerprint density at radius 2 is 1.92 bits per heavy atom. The molecule has 2 heterocycles. The van der Waals surface area contributed by atoms with Crippen molar-refractivity contribution in [2.45, 2.75) is 32.7 Å². The maximum atomic E-state index is 12.6. The molecule has 0 bridgehead atoms. The molecule has 0 unspecified atom stereocenters. The van der Waals surface area contributed by atoms with Crippen molar-refractivity contribution in [2.75, 3.05) is 13.1 Å². The molecule has 1 N–H and O–H groups in total. The minimum absolute atomic E-state index is 0.0475. The van der Waals surface area contributed by atoms with Crippen LogP contribution in [0.2, 0.25) is 0 Å². The summed E-state index contributed by atoms with van der Waals surface area (Å²) in [6, 6.07) is 8.11. The monoisotopic (exact) mass is 360 g/mol. The molecule has 7 heteroatoms. The van der Waals surface area contributed by atoms with E-state index in [4.69, 9.17) is 0 Å². The molecule has 0 radical (unpaired) electrons. The Morgan fingerprint density at radius 3 is 2.56 bits per heavy atom. The van der Waals surface area contributed by atoms with E-state index in [2.05, 4.69) is 10.3 Å². The summed E-state index contributed by atoms with van der Waals surface area (Å²) in [6.07, 6.45) is 1.34. The van der Waals surface area contributed by atoms with E-state index < -0.39 is 0 Å². The average Bonchev–Trinajstić information content (AvgIpc) is 2.90. The van der Waals surface area contributed by atoms with Crippen LogP contribution in [0.15, 0.2) is 29.3 Å². The van der Waals surface area contributed by atoms with Gasteiger partial charge < -0.3 is 14.8 Å². The van der Waals surface area contributed by atoms with Crippen molar-refractivity contribution in [2.24, 2.45) is 18.0 Å². The van der Waals surface area contributed by atoms with E-state index in [1.54, 1.807) is 4.90 Å². The number of carbonyl (C=O) groups is 2. The molecule has 2 aromatic rings. The molecule has 0 saturated carbocycles. The molecule has 3 rings (SSSR count). The third-order valence-corrected chi connectivity index (χ3v) is 5.58. The van der Waals surface area contributed by atoms with Gasteiger partial charge in [-0.2, -0.15) is 4.99 Å². The number of thiazole rings is 1. The Kier molecular flexibility index (Phi) is 5.22. The average molecular weight is 360 g/mol. The van der Waals surface area contributed by atoms with Gasteiger partial charge in [0.25, 0.3) is 5.91 Å². The Hall–Kier alpha value is -2.15. The standard InChI is InChI=1S/C18H24N4O2S/c1-12(2)19-17(24)22-10-8-13(9-11-22)16(23)20-18-21(3)14-6-4-5-7-15(14)25-18/h4-7,12-13H,8-11H2,1-3H3,(H,19,24). The van der Waals surface area contributed by atoms with Gasteiger partial charge in [0.2, 0.25) is 0 Å². The van der Waals surface area contributed by atoms with Gasteiger partial charge in [0.15, 0.2) is 4.80 Å². The lowest BCUT2D eigenvalue weighted by molar-refractivity contribution is -0.123.